The fraction of sp³-hybridized carbons (Fsp3) is 0.455. The lowest BCUT2D eigenvalue weighted by Crippen LogP contribution is -2.26. The van der Waals surface area contributed by atoms with Gasteiger partial charge in [-0.1, -0.05) is 25.4 Å². The van der Waals surface area contributed by atoms with Crippen LogP contribution in [0.5, 0.6) is 0 Å². The van der Waals surface area contributed by atoms with E-state index in [2.05, 4.69) is 4.98 Å². The molecule has 0 aliphatic heterocycles. The van der Waals surface area contributed by atoms with E-state index in [4.69, 9.17) is 16.4 Å². The number of amides is 1. The van der Waals surface area contributed by atoms with Gasteiger partial charge in [-0.05, 0) is 19.1 Å². The Bertz CT molecular complexity index is 356. The van der Waals surface area contributed by atoms with Gasteiger partial charge in [0.15, 0.2) is 0 Å². The van der Waals surface area contributed by atoms with Crippen molar-refractivity contribution in [3.05, 3.63) is 28.5 Å². The van der Waals surface area contributed by atoms with Gasteiger partial charge in [0.1, 0.15) is 5.15 Å². The molecule has 0 aliphatic carbocycles. The number of hydrogen-bond acceptors (Lipinski definition) is 3. The quantitative estimate of drug-likeness (QED) is 0.593. The summed E-state index contributed by atoms with van der Waals surface area (Å²) in [6.45, 7) is 5.72. The fourth-order valence-corrected chi connectivity index (χ4v) is 1.20. The maximum atomic E-state index is 11.6. The van der Waals surface area contributed by atoms with Gasteiger partial charge < -0.3 is 0 Å². The van der Waals surface area contributed by atoms with E-state index in [0.717, 1.165) is 5.06 Å². The smallest absolute Gasteiger partial charge is 0.274 e. The largest absolute Gasteiger partial charge is 0.278 e. The van der Waals surface area contributed by atoms with E-state index in [1.165, 1.54) is 14.2 Å². The highest BCUT2D eigenvalue weighted by atomic mass is 35.5. The Morgan fingerprint density at radius 1 is 1.44 bits per heavy atom. The predicted molar refractivity (Wildman–Crippen MR) is 64.4 cm³/mol. The molecule has 5 heteroatoms. The second-order valence-electron chi connectivity index (χ2n) is 2.75. The van der Waals surface area contributed by atoms with Crippen LogP contribution in [0.25, 0.3) is 0 Å². The Labute approximate surface area is 101 Å². The van der Waals surface area contributed by atoms with Crippen LogP contribution < -0.4 is 0 Å². The van der Waals surface area contributed by atoms with Crippen LogP contribution in [0.3, 0.4) is 0 Å². The summed E-state index contributed by atoms with van der Waals surface area (Å²) in [6, 6.07) is 3.20. The molecule has 0 unspecified atom stereocenters. The number of nitrogens with zero attached hydrogens (tertiary/aromatic N) is 2. The molecule has 16 heavy (non-hydrogen) atoms. The highest BCUT2D eigenvalue weighted by Crippen LogP contribution is 2.12. The van der Waals surface area contributed by atoms with Crippen molar-refractivity contribution >= 4 is 17.5 Å². The Morgan fingerprint density at radius 3 is 2.44 bits per heavy atom. The lowest BCUT2D eigenvalue weighted by molar-refractivity contribution is -0.0757. The minimum Gasteiger partial charge on any atom is -0.274 e. The highest BCUT2D eigenvalue weighted by molar-refractivity contribution is 6.29. The molecular formula is C11H17ClN2O2. The van der Waals surface area contributed by atoms with Gasteiger partial charge in [0.25, 0.3) is 5.91 Å². The van der Waals surface area contributed by atoms with Gasteiger partial charge in [0.2, 0.25) is 0 Å². The van der Waals surface area contributed by atoms with Crippen molar-refractivity contribution in [3.8, 4) is 0 Å². The van der Waals surface area contributed by atoms with Crippen molar-refractivity contribution in [2.24, 2.45) is 0 Å². The summed E-state index contributed by atoms with van der Waals surface area (Å²) in [5.41, 5.74) is 1.07. The molecule has 0 aliphatic rings. The average molecular weight is 245 g/mol. The van der Waals surface area contributed by atoms with E-state index in [1.807, 2.05) is 13.8 Å². The van der Waals surface area contributed by atoms with E-state index in [0.29, 0.717) is 16.4 Å². The van der Waals surface area contributed by atoms with E-state index in [9.17, 15) is 4.79 Å². The first-order chi connectivity index (χ1) is 7.56. The SMILES string of the molecule is CC.CON(C)C(=O)c1ccc(Cl)nc1C. The minimum atomic E-state index is -0.242. The summed E-state index contributed by atoms with van der Waals surface area (Å²) in [5, 5.41) is 1.51. The number of aromatic nitrogens is 1. The van der Waals surface area contributed by atoms with Crippen LogP contribution in [0, 0.1) is 6.92 Å². The molecule has 0 fully saturated rings. The Morgan fingerprint density at radius 2 is 2.00 bits per heavy atom. The van der Waals surface area contributed by atoms with Crippen LogP contribution in [-0.4, -0.2) is 30.1 Å². The Balaban J connectivity index is 0.00000106. The van der Waals surface area contributed by atoms with E-state index < -0.39 is 0 Å². The zero-order valence-corrected chi connectivity index (χ0v) is 11.0. The van der Waals surface area contributed by atoms with Crippen molar-refractivity contribution in [2.75, 3.05) is 14.2 Å². The van der Waals surface area contributed by atoms with Crippen LogP contribution in [0.1, 0.15) is 29.9 Å². The maximum Gasteiger partial charge on any atom is 0.278 e. The van der Waals surface area contributed by atoms with Crippen LogP contribution in [0.2, 0.25) is 5.15 Å². The monoisotopic (exact) mass is 244 g/mol. The van der Waals surface area contributed by atoms with Crippen molar-refractivity contribution in [1.82, 2.24) is 10.0 Å². The number of halogens is 1. The summed E-state index contributed by atoms with van der Waals surface area (Å²) >= 11 is 5.67. The molecule has 1 rings (SSSR count). The minimum absolute atomic E-state index is 0.242. The van der Waals surface area contributed by atoms with Crippen molar-refractivity contribution < 1.29 is 9.63 Å². The zero-order valence-electron chi connectivity index (χ0n) is 10.2. The zero-order chi connectivity index (χ0) is 12.7. The molecule has 1 aromatic rings. The number of hydrogen-bond donors (Lipinski definition) is 0. The van der Waals surface area contributed by atoms with Gasteiger partial charge in [0.05, 0.1) is 18.4 Å². The molecule has 0 radical (unpaired) electrons. The number of rotatable bonds is 2. The molecule has 0 aromatic carbocycles. The Hall–Kier alpha value is -1.13. The number of aryl methyl sites for hydroxylation is 1. The third kappa shape index (κ3) is 3.79. The summed E-state index contributed by atoms with van der Waals surface area (Å²) < 4.78 is 0. The van der Waals surface area contributed by atoms with Crippen LogP contribution >= 0.6 is 11.6 Å². The summed E-state index contributed by atoms with van der Waals surface area (Å²) in [5.74, 6) is -0.242. The van der Waals surface area contributed by atoms with Gasteiger partial charge >= 0.3 is 0 Å². The third-order valence-electron chi connectivity index (χ3n) is 1.84. The molecule has 0 saturated carbocycles. The van der Waals surface area contributed by atoms with Gasteiger partial charge in [-0.2, -0.15) is 0 Å². The first kappa shape index (κ1) is 14.9. The van der Waals surface area contributed by atoms with E-state index >= 15 is 0 Å². The molecule has 1 aromatic heterocycles. The van der Waals surface area contributed by atoms with Gasteiger partial charge in [-0.3, -0.25) is 9.63 Å². The first-order valence-corrected chi connectivity index (χ1v) is 5.39. The Kier molecular flexibility index (Phi) is 6.69. The number of carbonyl (C=O) groups excluding carboxylic acids is 1. The normalized spacial score (nSPS) is 9.12. The molecule has 0 spiro atoms. The molecule has 0 saturated heterocycles. The number of carbonyl (C=O) groups is 1. The van der Waals surface area contributed by atoms with Gasteiger partial charge in [-0.25, -0.2) is 10.0 Å². The molecule has 90 valence electrons. The van der Waals surface area contributed by atoms with Crippen molar-refractivity contribution in [1.29, 1.82) is 0 Å². The lowest BCUT2D eigenvalue weighted by Gasteiger charge is -2.14. The van der Waals surface area contributed by atoms with Gasteiger partial charge in [-0.15, -0.1) is 0 Å². The number of pyridine rings is 1. The molecular weight excluding hydrogens is 228 g/mol. The summed E-state index contributed by atoms with van der Waals surface area (Å²) in [6.07, 6.45) is 0. The van der Waals surface area contributed by atoms with Crippen LogP contribution in [0.4, 0.5) is 0 Å². The second-order valence-corrected chi connectivity index (χ2v) is 3.14. The second kappa shape index (κ2) is 7.19. The third-order valence-corrected chi connectivity index (χ3v) is 2.05. The molecule has 0 bridgehead atoms. The highest BCUT2D eigenvalue weighted by Gasteiger charge is 2.14. The maximum absolute atomic E-state index is 11.6. The van der Waals surface area contributed by atoms with Crippen LogP contribution in [0.15, 0.2) is 12.1 Å². The molecule has 4 nitrogen and oxygen atoms in total. The van der Waals surface area contributed by atoms with Gasteiger partial charge in [0, 0.05) is 7.05 Å². The summed E-state index contributed by atoms with van der Waals surface area (Å²) in [4.78, 5) is 20.4. The molecule has 1 amide bonds. The molecule has 0 N–H and O–H groups in total. The average Bonchev–Trinajstić information content (AvgIpc) is 2.30. The first-order valence-electron chi connectivity index (χ1n) is 5.01. The molecule has 1 heterocycles. The number of hydroxylamine groups is 2. The van der Waals surface area contributed by atoms with E-state index in [-0.39, 0.29) is 5.91 Å². The topological polar surface area (TPSA) is 42.4 Å². The van der Waals surface area contributed by atoms with Crippen molar-refractivity contribution in [3.63, 3.8) is 0 Å². The van der Waals surface area contributed by atoms with E-state index in [1.54, 1.807) is 19.1 Å². The standard InChI is InChI=1S/C9H11ClN2O2.C2H6/c1-6-7(4-5-8(10)11-6)9(13)12(2)14-3;1-2/h4-5H,1-3H3;1-2H3. The summed E-state index contributed by atoms with van der Waals surface area (Å²) in [7, 11) is 2.97. The predicted octanol–water partition coefficient (Wildman–Crippen LogP) is 2.70. The lowest BCUT2D eigenvalue weighted by atomic mass is 10.2. The van der Waals surface area contributed by atoms with Crippen LogP contribution in [-0.2, 0) is 4.84 Å². The van der Waals surface area contributed by atoms with Crippen molar-refractivity contribution in [2.45, 2.75) is 20.8 Å². The molecule has 0 atom stereocenters. The fourth-order valence-electron chi connectivity index (χ4n) is 1.01.